The third-order valence-electron chi connectivity index (χ3n) is 6.56. The molecule has 1 amide bonds. The number of pyridine rings is 1. The number of aryl methyl sites for hydroxylation is 1. The normalized spacial score (nSPS) is 20.2. The first-order valence-electron chi connectivity index (χ1n) is 10.3. The topological polar surface area (TPSA) is 54.5 Å². The van der Waals surface area contributed by atoms with Gasteiger partial charge in [-0.1, -0.05) is 35.9 Å². The number of halogens is 1. The Hall–Kier alpha value is -2.63. The van der Waals surface area contributed by atoms with Crippen molar-refractivity contribution in [2.45, 2.75) is 25.9 Å². The van der Waals surface area contributed by atoms with Gasteiger partial charge in [-0.15, -0.1) is 0 Å². The van der Waals surface area contributed by atoms with Crippen LogP contribution in [0.15, 0.2) is 48.7 Å². The molecule has 30 heavy (non-hydrogen) atoms. The van der Waals surface area contributed by atoms with E-state index in [1.807, 2.05) is 35.4 Å². The van der Waals surface area contributed by atoms with Crippen LogP contribution >= 0.6 is 11.6 Å². The molecule has 2 aliphatic heterocycles. The minimum atomic E-state index is 0.0163. The average Bonchev–Trinajstić information content (AvgIpc) is 2.75. The van der Waals surface area contributed by atoms with Gasteiger partial charge in [0.1, 0.15) is 5.82 Å². The first-order chi connectivity index (χ1) is 14.6. The lowest BCUT2D eigenvalue weighted by Gasteiger charge is -2.53. The fourth-order valence-electron chi connectivity index (χ4n) is 4.82. The van der Waals surface area contributed by atoms with Gasteiger partial charge in [0.25, 0.3) is 0 Å². The Labute approximate surface area is 181 Å². The zero-order valence-electron chi connectivity index (χ0n) is 16.9. The van der Waals surface area contributed by atoms with E-state index in [2.05, 4.69) is 30.4 Å². The predicted molar refractivity (Wildman–Crippen MR) is 119 cm³/mol. The number of hydrogen-bond acceptors (Lipinski definition) is 4. The van der Waals surface area contributed by atoms with E-state index in [1.165, 1.54) is 10.9 Å². The number of nitrogens with one attached hydrogen (secondary N) is 1. The van der Waals surface area contributed by atoms with Gasteiger partial charge in [-0.25, -0.2) is 4.98 Å². The maximum Gasteiger partial charge on any atom is 0.209 e. The molecule has 6 heteroatoms. The lowest BCUT2D eigenvalue weighted by atomic mass is 9.68. The van der Waals surface area contributed by atoms with Crippen LogP contribution in [0.5, 0.6) is 0 Å². The van der Waals surface area contributed by atoms with Crippen molar-refractivity contribution in [2.75, 3.05) is 25.0 Å². The summed E-state index contributed by atoms with van der Waals surface area (Å²) in [4.78, 5) is 17.8. The predicted octanol–water partition coefficient (Wildman–Crippen LogP) is 5.25. The number of anilines is 2. The molecule has 1 unspecified atom stereocenters. The zero-order chi connectivity index (χ0) is 20.7. The van der Waals surface area contributed by atoms with Crippen LogP contribution in [-0.4, -0.2) is 36.0 Å². The minimum Gasteiger partial charge on any atom is -0.372 e. The van der Waals surface area contributed by atoms with Gasteiger partial charge in [0, 0.05) is 46.4 Å². The standard InChI is InChI=1S/C24H24ClN3O2/c1-16-4-2-7-19-21(16)20(13-26-23(19)27-18-6-3-5-17(25)12-18)22-24(14-30-22)8-10-28(15-29)11-9-24/h2-7,12-13,15,22H,8-11,14H2,1H3,(H,26,27). The van der Waals surface area contributed by atoms with E-state index in [0.29, 0.717) is 5.02 Å². The second-order valence-corrected chi connectivity index (χ2v) is 8.83. The highest BCUT2D eigenvalue weighted by molar-refractivity contribution is 6.30. The highest BCUT2D eigenvalue weighted by atomic mass is 35.5. The van der Waals surface area contributed by atoms with Crippen LogP contribution in [0.1, 0.15) is 30.1 Å². The quantitative estimate of drug-likeness (QED) is 0.584. The van der Waals surface area contributed by atoms with Crippen LogP contribution in [0.4, 0.5) is 11.5 Å². The molecule has 154 valence electrons. The van der Waals surface area contributed by atoms with Crippen molar-refractivity contribution in [3.05, 3.63) is 64.8 Å². The molecule has 0 bridgehead atoms. The first kappa shape index (κ1) is 19.3. The minimum absolute atomic E-state index is 0.0163. The molecule has 1 spiro atoms. The van der Waals surface area contributed by atoms with Crippen LogP contribution in [0.2, 0.25) is 5.02 Å². The van der Waals surface area contributed by atoms with Crippen molar-refractivity contribution >= 4 is 40.3 Å². The van der Waals surface area contributed by atoms with Crippen LogP contribution < -0.4 is 5.32 Å². The van der Waals surface area contributed by atoms with Gasteiger partial charge in [0.2, 0.25) is 6.41 Å². The molecule has 0 aliphatic carbocycles. The molecule has 3 heterocycles. The van der Waals surface area contributed by atoms with Gasteiger partial charge in [-0.2, -0.15) is 0 Å². The van der Waals surface area contributed by atoms with Crippen molar-refractivity contribution in [1.82, 2.24) is 9.88 Å². The molecule has 0 saturated carbocycles. The Kier molecular flexibility index (Phi) is 4.88. The number of rotatable bonds is 4. The van der Waals surface area contributed by atoms with Crippen molar-refractivity contribution in [3.63, 3.8) is 0 Å². The van der Waals surface area contributed by atoms with E-state index >= 15 is 0 Å². The van der Waals surface area contributed by atoms with Crippen LogP contribution in [0.25, 0.3) is 10.8 Å². The van der Waals surface area contributed by atoms with Crippen LogP contribution in [0.3, 0.4) is 0 Å². The van der Waals surface area contributed by atoms with Gasteiger partial charge in [0.05, 0.1) is 12.7 Å². The van der Waals surface area contributed by atoms with Gasteiger partial charge in [-0.3, -0.25) is 4.79 Å². The van der Waals surface area contributed by atoms with E-state index in [1.54, 1.807) is 0 Å². The van der Waals surface area contributed by atoms with Gasteiger partial charge in [0.15, 0.2) is 0 Å². The molecule has 5 nitrogen and oxygen atoms in total. The monoisotopic (exact) mass is 421 g/mol. The van der Waals surface area contributed by atoms with E-state index in [9.17, 15) is 4.79 Å². The van der Waals surface area contributed by atoms with Gasteiger partial charge >= 0.3 is 0 Å². The van der Waals surface area contributed by atoms with Gasteiger partial charge in [-0.05, 0) is 48.9 Å². The summed E-state index contributed by atoms with van der Waals surface area (Å²) < 4.78 is 6.13. The van der Waals surface area contributed by atoms with E-state index in [0.717, 1.165) is 61.4 Å². The molecule has 3 aromatic rings. The highest BCUT2D eigenvalue weighted by Gasteiger charge is 2.51. The Bertz CT molecular complexity index is 1110. The van der Waals surface area contributed by atoms with Crippen molar-refractivity contribution in [2.24, 2.45) is 5.41 Å². The number of carbonyl (C=O) groups is 1. The number of aromatic nitrogens is 1. The Morgan fingerprint density at radius 2 is 2.03 bits per heavy atom. The summed E-state index contributed by atoms with van der Waals surface area (Å²) in [6.07, 6.45) is 4.86. The fraction of sp³-hybridized carbons (Fsp3) is 0.333. The molecule has 2 aliphatic rings. The number of fused-ring (bicyclic) bond motifs is 1. The summed E-state index contributed by atoms with van der Waals surface area (Å²) >= 11 is 6.15. The van der Waals surface area contributed by atoms with Crippen LogP contribution in [-0.2, 0) is 9.53 Å². The number of benzene rings is 2. The van der Waals surface area contributed by atoms with Crippen molar-refractivity contribution in [3.8, 4) is 0 Å². The number of hydrogen-bond donors (Lipinski definition) is 1. The molecule has 2 saturated heterocycles. The maximum atomic E-state index is 11.1. The number of nitrogens with zero attached hydrogens (tertiary/aromatic N) is 2. The molecule has 1 atom stereocenters. The molecule has 0 radical (unpaired) electrons. The summed E-state index contributed by atoms with van der Waals surface area (Å²) in [5.41, 5.74) is 3.35. The number of ether oxygens (including phenoxy) is 1. The first-order valence-corrected chi connectivity index (χ1v) is 10.7. The second-order valence-electron chi connectivity index (χ2n) is 8.39. The lowest BCUT2D eigenvalue weighted by Crippen LogP contribution is -2.52. The SMILES string of the molecule is Cc1cccc2c(Nc3cccc(Cl)c3)ncc(C3OCC34CCN(C=O)CC4)c12. The maximum absolute atomic E-state index is 11.1. The zero-order valence-corrected chi connectivity index (χ0v) is 17.7. The Morgan fingerprint density at radius 1 is 1.23 bits per heavy atom. The molecule has 1 N–H and O–H groups in total. The van der Waals surface area contributed by atoms with E-state index < -0.39 is 0 Å². The summed E-state index contributed by atoms with van der Waals surface area (Å²) in [5.74, 6) is 0.809. The Balaban J connectivity index is 1.54. The number of amides is 1. The fourth-order valence-corrected chi connectivity index (χ4v) is 5.01. The molecule has 2 aromatic carbocycles. The van der Waals surface area contributed by atoms with Gasteiger partial charge < -0.3 is 15.0 Å². The number of piperidine rings is 1. The van der Waals surface area contributed by atoms with Crippen molar-refractivity contribution in [1.29, 1.82) is 0 Å². The summed E-state index contributed by atoms with van der Waals surface area (Å²) in [5, 5.41) is 6.37. The summed E-state index contributed by atoms with van der Waals surface area (Å²) in [7, 11) is 0. The second kappa shape index (κ2) is 7.56. The molecule has 5 rings (SSSR count). The van der Waals surface area contributed by atoms with E-state index in [-0.39, 0.29) is 11.5 Å². The Morgan fingerprint density at radius 3 is 2.73 bits per heavy atom. The number of carbonyl (C=O) groups excluding carboxylic acids is 1. The van der Waals surface area contributed by atoms with Crippen molar-refractivity contribution < 1.29 is 9.53 Å². The number of likely N-dealkylation sites (tertiary alicyclic amines) is 1. The molecule has 1 aromatic heterocycles. The van der Waals surface area contributed by atoms with E-state index in [4.69, 9.17) is 21.3 Å². The smallest absolute Gasteiger partial charge is 0.209 e. The molecular weight excluding hydrogens is 398 g/mol. The molecular formula is C24H24ClN3O2. The molecule has 2 fully saturated rings. The summed E-state index contributed by atoms with van der Waals surface area (Å²) in [6, 6.07) is 13.9. The summed E-state index contributed by atoms with van der Waals surface area (Å²) in [6.45, 7) is 4.47. The lowest BCUT2D eigenvalue weighted by molar-refractivity contribution is -0.210. The van der Waals surface area contributed by atoms with Crippen LogP contribution in [0, 0.1) is 12.3 Å². The largest absolute Gasteiger partial charge is 0.372 e. The third-order valence-corrected chi connectivity index (χ3v) is 6.79. The highest BCUT2D eigenvalue weighted by Crippen LogP contribution is 2.54. The average molecular weight is 422 g/mol. The third kappa shape index (κ3) is 3.22.